The molecule has 0 saturated carbocycles. The molecule has 2 aromatic heterocycles. The first-order chi connectivity index (χ1) is 12.9. The summed E-state index contributed by atoms with van der Waals surface area (Å²) >= 11 is 3.60. The van der Waals surface area contributed by atoms with Crippen molar-refractivity contribution in [3.05, 3.63) is 56.9 Å². The van der Waals surface area contributed by atoms with E-state index in [-0.39, 0.29) is 7.43 Å². The molecular weight excluding hydrogens is 368 g/mol. The Balaban J connectivity index is 0.000000129. The number of fused-ring (bicyclic) bond motifs is 2. The van der Waals surface area contributed by atoms with Crippen molar-refractivity contribution in [1.29, 1.82) is 0 Å². The highest BCUT2D eigenvalue weighted by molar-refractivity contribution is 7.08. The van der Waals surface area contributed by atoms with Crippen LogP contribution in [0.15, 0.2) is 45.8 Å². The summed E-state index contributed by atoms with van der Waals surface area (Å²) in [4.78, 5) is 0. The molecule has 6 rings (SSSR count). The second-order valence-corrected chi connectivity index (χ2v) is 9.54. The number of hydrogen-bond acceptors (Lipinski definition) is 4. The lowest BCUT2D eigenvalue weighted by Gasteiger charge is -2.04. The largest absolute Gasteiger partial charge is 0.316 e. The Morgan fingerprint density at radius 3 is 1.56 bits per heavy atom. The number of allylic oxidation sites excluding steroid dienone is 2. The van der Waals surface area contributed by atoms with Crippen molar-refractivity contribution >= 4 is 33.8 Å². The van der Waals surface area contributed by atoms with Crippen LogP contribution in [-0.4, -0.2) is 26.2 Å². The van der Waals surface area contributed by atoms with E-state index < -0.39 is 0 Å². The monoisotopic (exact) mass is 398 g/mol. The molecule has 0 unspecified atom stereocenters. The fourth-order valence-corrected chi connectivity index (χ4v) is 6.24. The van der Waals surface area contributed by atoms with Crippen molar-refractivity contribution in [2.75, 3.05) is 26.2 Å². The molecular formula is C23H30N2S2. The highest BCUT2D eigenvalue weighted by Crippen LogP contribution is 2.39. The first-order valence-corrected chi connectivity index (χ1v) is 11.6. The van der Waals surface area contributed by atoms with Gasteiger partial charge in [-0.25, -0.2) is 0 Å². The van der Waals surface area contributed by atoms with Gasteiger partial charge >= 0.3 is 0 Å². The van der Waals surface area contributed by atoms with Gasteiger partial charge in [-0.15, -0.1) is 0 Å². The van der Waals surface area contributed by atoms with Gasteiger partial charge < -0.3 is 10.6 Å². The lowest BCUT2D eigenvalue weighted by molar-refractivity contribution is 0.536. The van der Waals surface area contributed by atoms with E-state index in [9.17, 15) is 0 Å². The van der Waals surface area contributed by atoms with Crippen LogP contribution in [0.4, 0.5) is 0 Å². The van der Waals surface area contributed by atoms with Gasteiger partial charge in [-0.3, -0.25) is 0 Å². The second-order valence-electron chi connectivity index (χ2n) is 7.98. The van der Waals surface area contributed by atoms with E-state index in [1.165, 1.54) is 50.1 Å². The highest BCUT2D eigenvalue weighted by Gasteiger charge is 2.32. The van der Waals surface area contributed by atoms with E-state index in [0.717, 1.165) is 23.7 Å². The normalized spacial score (nSPS) is 30.7. The van der Waals surface area contributed by atoms with Gasteiger partial charge in [0.25, 0.3) is 0 Å². The summed E-state index contributed by atoms with van der Waals surface area (Å²) in [5.74, 6) is 3.40. The van der Waals surface area contributed by atoms with E-state index >= 15 is 0 Å². The molecule has 2 nitrogen and oxygen atoms in total. The Morgan fingerprint density at radius 2 is 1.19 bits per heavy atom. The van der Waals surface area contributed by atoms with Crippen molar-refractivity contribution in [3.8, 4) is 0 Å². The number of nitrogens with one attached hydrogen (secondary N) is 2. The standard InChI is InChI=1S/2C11H13NS.CH4/c2*1-2-13-7-8(1)9-3-10-5-12-6-11(10)4-9;/h2*1-3,7,10-12H,4-6H2;1H4/t2*10-,11+;/m10./s1. The number of thiophene rings is 2. The van der Waals surface area contributed by atoms with E-state index in [1.807, 2.05) is 0 Å². The first-order valence-electron chi connectivity index (χ1n) is 9.75. The van der Waals surface area contributed by atoms with Crippen LogP contribution >= 0.6 is 22.7 Å². The minimum atomic E-state index is 0. The summed E-state index contributed by atoms with van der Waals surface area (Å²) < 4.78 is 0. The smallest absolute Gasteiger partial charge is 0.00178 e. The predicted molar refractivity (Wildman–Crippen MR) is 120 cm³/mol. The lowest BCUT2D eigenvalue weighted by Crippen LogP contribution is -2.08. The average Bonchev–Trinajstić information content (AvgIpc) is 3.47. The summed E-state index contributed by atoms with van der Waals surface area (Å²) in [6, 6.07) is 4.48. The molecule has 4 aliphatic rings. The minimum Gasteiger partial charge on any atom is -0.316 e. The molecule has 144 valence electrons. The first kappa shape index (κ1) is 19.1. The zero-order valence-electron chi connectivity index (χ0n) is 15.0. The maximum Gasteiger partial charge on any atom is 0.00178 e. The summed E-state index contributed by atoms with van der Waals surface area (Å²) in [7, 11) is 0. The van der Waals surface area contributed by atoms with Crippen molar-refractivity contribution in [1.82, 2.24) is 10.6 Å². The molecule has 4 heteroatoms. The zero-order valence-corrected chi connectivity index (χ0v) is 16.6. The Bertz CT molecular complexity index is 720. The SMILES string of the molecule is C.C1=C(c2ccsc2)C[C@@H]2CNC[C@H]12.C1=C(c2ccsc2)C[C@H]2CNC[C@@H]12. The van der Waals surface area contributed by atoms with Crippen LogP contribution in [0.1, 0.15) is 31.4 Å². The van der Waals surface area contributed by atoms with E-state index in [1.54, 1.807) is 33.8 Å². The van der Waals surface area contributed by atoms with Crippen LogP contribution in [0.25, 0.3) is 11.1 Å². The predicted octanol–water partition coefficient (Wildman–Crippen LogP) is 5.38. The van der Waals surface area contributed by atoms with Crippen molar-refractivity contribution < 1.29 is 0 Å². The molecule has 2 fully saturated rings. The van der Waals surface area contributed by atoms with Gasteiger partial charge in [0, 0.05) is 13.1 Å². The molecule has 0 aromatic carbocycles. The molecule has 27 heavy (non-hydrogen) atoms. The lowest BCUT2D eigenvalue weighted by atomic mass is 9.99. The third kappa shape index (κ3) is 4.00. The Hall–Kier alpha value is -1.20. The Kier molecular flexibility index (Phi) is 5.98. The van der Waals surface area contributed by atoms with E-state index in [0.29, 0.717) is 0 Å². The third-order valence-electron chi connectivity index (χ3n) is 6.36. The van der Waals surface area contributed by atoms with Crippen LogP contribution in [0.3, 0.4) is 0 Å². The van der Waals surface area contributed by atoms with Crippen LogP contribution in [-0.2, 0) is 0 Å². The van der Waals surface area contributed by atoms with Crippen molar-refractivity contribution in [2.45, 2.75) is 20.3 Å². The van der Waals surface area contributed by atoms with Gasteiger partial charge in [0.1, 0.15) is 0 Å². The van der Waals surface area contributed by atoms with Crippen LogP contribution in [0.2, 0.25) is 0 Å². The fourth-order valence-electron chi connectivity index (χ4n) is 4.88. The summed E-state index contributed by atoms with van der Waals surface area (Å²) in [5.41, 5.74) is 6.08. The van der Waals surface area contributed by atoms with Gasteiger partial charge in [0.05, 0.1) is 0 Å². The second kappa shape index (κ2) is 8.44. The van der Waals surface area contributed by atoms with Gasteiger partial charge in [-0.1, -0.05) is 19.6 Å². The molecule has 0 spiro atoms. The number of hydrogen-bond donors (Lipinski definition) is 2. The number of rotatable bonds is 2. The van der Waals surface area contributed by atoms with Crippen LogP contribution in [0.5, 0.6) is 0 Å². The van der Waals surface area contributed by atoms with Crippen molar-refractivity contribution in [3.63, 3.8) is 0 Å². The molecule has 4 atom stereocenters. The molecule has 2 N–H and O–H groups in total. The van der Waals surface area contributed by atoms with Crippen LogP contribution in [0, 0.1) is 23.7 Å². The minimum absolute atomic E-state index is 0. The van der Waals surface area contributed by atoms with Gasteiger partial charge in [-0.05, 0) is 106 Å². The van der Waals surface area contributed by atoms with Gasteiger partial charge in [0.2, 0.25) is 0 Å². The average molecular weight is 399 g/mol. The highest BCUT2D eigenvalue weighted by atomic mass is 32.1. The quantitative estimate of drug-likeness (QED) is 0.710. The third-order valence-corrected chi connectivity index (χ3v) is 7.73. The fraction of sp³-hybridized carbons (Fsp3) is 0.478. The molecule has 2 aliphatic heterocycles. The Labute approximate surface area is 171 Å². The maximum atomic E-state index is 3.45. The topological polar surface area (TPSA) is 24.1 Å². The van der Waals surface area contributed by atoms with E-state index in [4.69, 9.17) is 0 Å². The molecule has 4 heterocycles. The molecule has 2 saturated heterocycles. The summed E-state index contributed by atoms with van der Waals surface area (Å²) in [6.07, 6.45) is 7.53. The zero-order chi connectivity index (χ0) is 17.3. The maximum absolute atomic E-state index is 3.45. The van der Waals surface area contributed by atoms with Crippen molar-refractivity contribution in [2.24, 2.45) is 23.7 Å². The molecule has 0 amide bonds. The van der Waals surface area contributed by atoms with E-state index in [2.05, 4.69) is 56.4 Å². The van der Waals surface area contributed by atoms with Gasteiger partial charge in [0.15, 0.2) is 0 Å². The van der Waals surface area contributed by atoms with Crippen LogP contribution < -0.4 is 10.6 Å². The molecule has 2 aromatic rings. The van der Waals surface area contributed by atoms with Gasteiger partial charge in [-0.2, -0.15) is 22.7 Å². The Morgan fingerprint density at radius 1 is 0.704 bits per heavy atom. The summed E-state index contributed by atoms with van der Waals surface area (Å²) in [5, 5.41) is 15.8. The molecule has 0 radical (unpaired) electrons. The molecule has 0 bridgehead atoms. The summed E-state index contributed by atoms with van der Waals surface area (Å²) in [6.45, 7) is 4.82. The molecule has 2 aliphatic carbocycles.